The highest BCUT2D eigenvalue weighted by atomic mass is 79.9. The number of ether oxygens (including phenoxy) is 1. The average molecular weight is 402 g/mol. The number of para-hydroxylation sites is 1. The molecule has 0 N–H and O–H groups in total. The third kappa shape index (κ3) is 3.96. The van der Waals surface area contributed by atoms with Crippen molar-refractivity contribution in [2.75, 3.05) is 18.1 Å². The third-order valence-corrected chi connectivity index (χ3v) is 4.46. The van der Waals surface area contributed by atoms with Crippen LogP contribution in [0.4, 0.5) is 5.69 Å². The van der Waals surface area contributed by atoms with Crippen LogP contribution in [0.5, 0.6) is 0 Å². The predicted molar refractivity (Wildman–Crippen MR) is 96.8 cm³/mol. The van der Waals surface area contributed by atoms with Gasteiger partial charge in [-0.3, -0.25) is 9.59 Å². The van der Waals surface area contributed by atoms with Crippen molar-refractivity contribution in [2.24, 2.45) is 0 Å². The van der Waals surface area contributed by atoms with Gasteiger partial charge in [-0.15, -0.1) is 0 Å². The molecule has 0 unspecified atom stereocenters. The molecule has 0 saturated carbocycles. The van der Waals surface area contributed by atoms with Crippen molar-refractivity contribution < 1.29 is 19.1 Å². The van der Waals surface area contributed by atoms with Crippen molar-refractivity contribution in [1.82, 2.24) is 0 Å². The topological polar surface area (TPSA) is 63.7 Å². The first-order valence-corrected chi connectivity index (χ1v) is 8.71. The quantitative estimate of drug-likeness (QED) is 0.566. The van der Waals surface area contributed by atoms with Crippen LogP contribution in [0.15, 0.2) is 53.0 Å². The van der Waals surface area contributed by atoms with E-state index in [-0.39, 0.29) is 18.3 Å². The molecule has 1 saturated heterocycles. The number of carbonyl (C=O) groups excluding carboxylic acids is 3. The number of anilines is 1. The number of hydrogen-bond acceptors (Lipinski definition) is 4. The summed E-state index contributed by atoms with van der Waals surface area (Å²) >= 11 is 3.30. The first-order chi connectivity index (χ1) is 12.1. The van der Waals surface area contributed by atoms with Gasteiger partial charge < -0.3 is 9.64 Å². The van der Waals surface area contributed by atoms with E-state index in [1.54, 1.807) is 47.4 Å². The van der Waals surface area contributed by atoms with Gasteiger partial charge in [0.1, 0.15) is 0 Å². The zero-order chi connectivity index (χ0) is 17.8. The predicted octanol–water partition coefficient (Wildman–Crippen LogP) is 3.62. The lowest BCUT2D eigenvalue weighted by molar-refractivity contribution is -0.117. The van der Waals surface area contributed by atoms with Crippen LogP contribution in [0.2, 0.25) is 0 Å². The highest BCUT2D eigenvalue weighted by Crippen LogP contribution is 2.26. The van der Waals surface area contributed by atoms with Gasteiger partial charge in [-0.25, -0.2) is 4.79 Å². The van der Waals surface area contributed by atoms with E-state index in [1.165, 1.54) is 0 Å². The molecule has 6 heteroatoms. The Hall–Kier alpha value is -2.47. The molecule has 3 rings (SSSR count). The van der Waals surface area contributed by atoms with Crippen LogP contribution in [-0.2, 0) is 9.53 Å². The summed E-state index contributed by atoms with van der Waals surface area (Å²) in [7, 11) is 0. The van der Waals surface area contributed by atoms with E-state index in [9.17, 15) is 14.4 Å². The van der Waals surface area contributed by atoms with E-state index in [4.69, 9.17) is 4.74 Å². The zero-order valence-corrected chi connectivity index (χ0v) is 15.0. The maximum Gasteiger partial charge on any atom is 0.340 e. The molecular formula is C19H16BrNO4. The SMILES string of the molecule is O=C(COC(=O)c1ccccc1N1CCCC1=O)c1cccc(Br)c1. The minimum atomic E-state index is -0.612. The normalized spacial score (nSPS) is 13.8. The maximum atomic E-state index is 12.4. The van der Waals surface area contributed by atoms with Crippen molar-refractivity contribution in [3.05, 3.63) is 64.1 Å². The summed E-state index contributed by atoms with van der Waals surface area (Å²) in [6, 6.07) is 13.7. The van der Waals surface area contributed by atoms with Crippen LogP contribution >= 0.6 is 15.9 Å². The molecular weight excluding hydrogens is 386 g/mol. The van der Waals surface area contributed by atoms with Gasteiger partial charge >= 0.3 is 5.97 Å². The monoisotopic (exact) mass is 401 g/mol. The highest BCUT2D eigenvalue weighted by molar-refractivity contribution is 9.10. The molecule has 2 aromatic rings. The minimum absolute atomic E-state index is 0.00883. The van der Waals surface area contributed by atoms with Gasteiger partial charge in [0.05, 0.1) is 11.3 Å². The van der Waals surface area contributed by atoms with Gasteiger partial charge in [-0.05, 0) is 30.7 Å². The molecule has 1 heterocycles. The molecule has 1 aliphatic heterocycles. The Morgan fingerprint density at radius 1 is 1.12 bits per heavy atom. The van der Waals surface area contributed by atoms with Crippen LogP contribution in [0.1, 0.15) is 33.6 Å². The zero-order valence-electron chi connectivity index (χ0n) is 13.4. The number of hydrogen-bond donors (Lipinski definition) is 0. The number of carbonyl (C=O) groups is 3. The van der Waals surface area contributed by atoms with E-state index in [1.807, 2.05) is 6.07 Å². The third-order valence-electron chi connectivity index (χ3n) is 3.97. The van der Waals surface area contributed by atoms with Crippen LogP contribution in [0.25, 0.3) is 0 Å². The molecule has 1 fully saturated rings. The van der Waals surface area contributed by atoms with E-state index >= 15 is 0 Å². The number of ketones is 1. The van der Waals surface area contributed by atoms with E-state index in [2.05, 4.69) is 15.9 Å². The summed E-state index contributed by atoms with van der Waals surface area (Å²) in [4.78, 5) is 38.1. The second kappa shape index (κ2) is 7.61. The second-order valence-corrected chi connectivity index (χ2v) is 6.59. The Bertz CT molecular complexity index is 834. The number of amides is 1. The standard InChI is InChI=1S/C19H16BrNO4/c20-14-6-3-5-13(11-14)17(22)12-25-19(24)15-7-1-2-8-16(15)21-10-4-9-18(21)23/h1-3,5-8,11H,4,9-10,12H2. The van der Waals surface area contributed by atoms with Crippen LogP contribution in [0, 0.1) is 0 Å². The summed E-state index contributed by atoms with van der Waals surface area (Å²) < 4.78 is 5.96. The fourth-order valence-electron chi connectivity index (χ4n) is 2.74. The number of esters is 1. The van der Waals surface area contributed by atoms with Crippen molar-refractivity contribution in [3.63, 3.8) is 0 Å². The molecule has 0 spiro atoms. The van der Waals surface area contributed by atoms with Crippen molar-refractivity contribution in [3.8, 4) is 0 Å². The van der Waals surface area contributed by atoms with Gasteiger partial charge in [0, 0.05) is 23.0 Å². The lowest BCUT2D eigenvalue weighted by atomic mass is 10.1. The van der Waals surface area contributed by atoms with E-state index in [0.717, 1.165) is 10.9 Å². The Morgan fingerprint density at radius 3 is 2.64 bits per heavy atom. The van der Waals surface area contributed by atoms with Crippen LogP contribution in [-0.4, -0.2) is 30.8 Å². The average Bonchev–Trinajstić information content (AvgIpc) is 3.05. The Labute approximate surface area is 153 Å². The fourth-order valence-corrected chi connectivity index (χ4v) is 3.14. The number of halogens is 1. The Morgan fingerprint density at radius 2 is 1.92 bits per heavy atom. The lowest BCUT2D eigenvalue weighted by Gasteiger charge is -2.18. The van der Waals surface area contributed by atoms with Crippen molar-refractivity contribution in [1.29, 1.82) is 0 Å². The van der Waals surface area contributed by atoms with Gasteiger partial charge in [-0.2, -0.15) is 0 Å². The van der Waals surface area contributed by atoms with Gasteiger partial charge in [0.2, 0.25) is 5.91 Å². The fraction of sp³-hybridized carbons (Fsp3) is 0.211. The van der Waals surface area contributed by atoms with Gasteiger partial charge in [0.25, 0.3) is 0 Å². The van der Waals surface area contributed by atoms with Gasteiger partial charge in [0.15, 0.2) is 12.4 Å². The summed E-state index contributed by atoms with van der Waals surface area (Å²) in [6.07, 6.45) is 1.24. The molecule has 0 bridgehead atoms. The van der Waals surface area contributed by atoms with Crippen LogP contribution < -0.4 is 4.90 Å². The molecule has 0 aromatic heterocycles. The molecule has 1 aliphatic rings. The molecule has 0 aliphatic carbocycles. The molecule has 0 radical (unpaired) electrons. The molecule has 1 amide bonds. The number of benzene rings is 2. The first-order valence-electron chi connectivity index (χ1n) is 7.91. The summed E-state index contributed by atoms with van der Waals surface area (Å²) in [5.74, 6) is -0.909. The summed E-state index contributed by atoms with van der Waals surface area (Å²) in [5.41, 5.74) is 1.29. The van der Waals surface area contributed by atoms with Gasteiger partial charge in [-0.1, -0.05) is 40.2 Å². The Kier molecular flexibility index (Phi) is 5.28. The molecule has 128 valence electrons. The number of nitrogens with zero attached hydrogens (tertiary/aromatic N) is 1. The lowest BCUT2D eigenvalue weighted by Crippen LogP contribution is -2.26. The van der Waals surface area contributed by atoms with Crippen LogP contribution in [0.3, 0.4) is 0 Å². The molecule has 25 heavy (non-hydrogen) atoms. The first kappa shape index (κ1) is 17.4. The molecule has 0 atom stereocenters. The largest absolute Gasteiger partial charge is 0.454 e. The van der Waals surface area contributed by atoms with E-state index < -0.39 is 5.97 Å². The summed E-state index contributed by atoms with van der Waals surface area (Å²) in [6.45, 7) is 0.234. The molecule has 2 aromatic carbocycles. The smallest absolute Gasteiger partial charge is 0.340 e. The van der Waals surface area contributed by atoms with Crippen molar-refractivity contribution in [2.45, 2.75) is 12.8 Å². The maximum absolute atomic E-state index is 12.4. The Balaban J connectivity index is 1.72. The van der Waals surface area contributed by atoms with Crippen molar-refractivity contribution >= 4 is 39.3 Å². The number of rotatable bonds is 5. The highest BCUT2D eigenvalue weighted by Gasteiger charge is 2.26. The molecule has 5 nitrogen and oxygen atoms in total. The minimum Gasteiger partial charge on any atom is -0.454 e. The van der Waals surface area contributed by atoms with E-state index in [0.29, 0.717) is 29.8 Å². The second-order valence-electron chi connectivity index (χ2n) is 5.68. The summed E-state index contributed by atoms with van der Waals surface area (Å²) in [5, 5.41) is 0. The number of Topliss-reactive ketones (excluding diaryl/α,β-unsaturated/α-hetero) is 1.